The number of hydrogen-bond donors (Lipinski definition) is 3. The lowest BCUT2D eigenvalue weighted by Crippen LogP contribution is -2.37. The number of nitrogens with one attached hydrogen (secondary N) is 2. The molecule has 2 amide bonds. The Morgan fingerprint density at radius 1 is 1.07 bits per heavy atom. The molecule has 0 aliphatic carbocycles. The van der Waals surface area contributed by atoms with Crippen LogP contribution >= 0.6 is 0 Å². The number of anilines is 1. The first-order valence-electron chi connectivity index (χ1n) is 8.97. The molecule has 1 unspecified atom stereocenters. The molecule has 0 bridgehead atoms. The molecule has 2 aromatic carbocycles. The van der Waals surface area contributed by atoms with E-state index in [2.05, 4.69) is 10.6 Å². The lowest BCUT2D eigenvalue weighted by atomic mass is 10.1. The van der Waals surface area contributed by atoms with Crippen molar-refractivity contribution < 1.29 is 24.2 Å². The molecule has 8 heteroatoms. The second-order valence-electron chi connectivity index (χ2n) is 6.46. The molecule has 0 fully saturated rings. The minimum atomic E-state index is -0.945. The van der Waals surface area contributed by atoms with Gasteiger partial charge in [-0.1, -0.05) is 18.2 Å². The fourth-order valence-electron chi connectivity index (χ4n) is 3.12. The molecule has 152 valence electrons. The number of hydrogen-bond acceptors (Lipinski definition) is 5. The third kappa shape index (κ3) is 4.33. The molecular weight excluding hydrogens is 374 g/mol. The lowest BCUT2D eigenvalue weighted by Gasteiger charge is -2.12. The number of carbonyl (C=O) groups is 2. The summed E-state index contributed by atoms with van der Waals surface area (Å²) < 4.78 is 12.2. The van der Waals surface area contributed by atoms with Gasteiger partial charge in [-0.3, -0.25) is 9.59 Å². The Morgan fingerprint density at radius 2 is 1.79 bits per heavy atom. The van der Waals surface area contributed by atoms with Crippen molar-refractivity contribution in [3.63, 3.8) is 0 Å². The Labute approximate surface area is 168 Å². The molecule has 1 heterocycles. The van der Waals surface area contributed by atoms with Crippen molar-refractivity contribution >= 4 is 28.4 Å². The van der Waals surface area contributed by atoms with Gasteiger partial charge in [0.25, 0.3) is 0 Å². The number of carbonyl (C=O) groups excluding carboxylic acids is 2. The van der Waals surface area contributed by atoms with E-state index in [1.807, 2.05) is 42.1 Å². The third-order valence-electron chi connectivity index (χ3n) is 4.59. The summed E-state index contributed by atoms with van der Waals surface area (Å²) in [5.74, 6) is -0.758. The maximum absolute atomic E-state index is 12.2. The van der Waals surface area contributed by atoms with Crippen LogP contribution in [0.25, 0.3) is 10.9 Å². The number of benzene rings is 2. The monoisotopic (exact) mass is 397 g/mol. The molecule has 0 saturated carbocycles. The van der Waals surface area contributed by atoms with E-state index >= 15 is 0 Å². The topological polar surface area (TPSA) is 102 Å². The van der Waals surface area contributed by atoms with Gasteiger partial charge in [-0.05, 0) is 18.2 Å². The van der Waals surface area contributed by atoms with Gasteiger partial charge in [0.15, 0.2) is 11.5 Å². The van der Waals surface area contributed by atoms with Crippen molar-refractivity contribution in [2.24, 2.45) is 7.05 Å². The number of nitrogens with zero attached hydrogens (tertiary/aromatic N) is 1. The van der Waals surface area contributed by atoms with Crippen molar-refractivity contribution in [3.8, 4) is 11.5 Å². The van der Waals surface area contributed by atoms with E-state index in [0.717, 1.165) is 10.9 Å². The lowest BCUT2D eigenvalue weighted by molar-refractivity contribution is -0.136. The Morgan fingerprint density at radius 3 is 2.52 bits per heavy atom. The van der Waals surface area contributed by atoms with Crippen LogP contribution in [-0.2, 0) is 16.6 Å². The SMILES string of the molecule is COc1ccc(NC(=O)C(=O)NCC(O)c2cn(C)c3ccccc23)cc1OC. The Bertz CT molecular complexity index is 1040. The summed E-state index contributed by atoms with van der Waals surface area (Å²) in [6.45, 7) is -0.0911. The smallest absolute Gasteiger partial charge is 0.313 e. The Hall–Kier alpha value is -3.52. The largest absolute Gasteiger partial charge is 0.493 e. The molecule has 29 heavy (non-hydrogen) atoms. The first-order valence-corrected chi connectivity index (χ1v) is 8.97. The van der Waals surface area contributed by atoms with Crippen molar-refractivity contribution in [3.05, 3.63) is 54.2 Å². The van der Waals surface area contributed by atoms with Crippen molar-refractivity contribution in [2.75, 3.05) is 26.1 Å². The third-order valence-corrected chi connectivity index (χ3v) is 4.59. The van der Waals surface area contributed by atoms with Gasteiger partial charge in [-0.15, -0.1) is 0 Å². The van der Waals surface area contributed by atoms with Crippen molar-refractivity contribution in [2.45, 2.75) is 6.10 Å². The average molecular weight is 397 g/mol. The maximum atomic E-state index is 12.2. The highest BCUT2D eigenvalue weighted by atomic mass is 16.5. The number of aromatic nitrogens is 1. The van der Waals surface area contributed by atoms with Crippen LogP contribution in [0.1, 0.15) is 11.7 Å². The zero-order valence-electron chi connectivity index (χ0n) is 16.4. The second kappa shape index (κ2) is 8.66. The van der Waals surface area contributed by atoms with Gasteiger partial charge in [0.05, 0.1) is 20.3 Å². The number of amides is 2. The Balaban J connectivity index is 1.62. The number of methoxy groups -OCH3 is 2. The predicted octanol–water partition coefficient (Wildman–Crippen LogP) is 1.98. The van der Waals surface area contributed by atoms with Crippen LogP contribution < -0.4 is 20.1 Å². The fraction of sp³-hybridized carbons (Fsp3) is 0.238. The van der Waals surface area contributed by atoms with Gasteiger partial charge < -0.3 is 29.8 Å². The summed E-state index contributed by atoms with van der Waals surface area (Å²) in [7, 11) is 4.86. The van der Waals surface area contributed by atoms with Crippen LogP contribution in [0.3, 0.4) is 0 Å². The van der Waals surface area contributed by atoms with Crippen LogP contribution in [0.2, 0.25) is 0 Å². The minimum Gasteiger partial charge on any atom is -0.493 e. The highest BCUT2D eigenvalue weighted by Crippen LogP contribution is 2.29. The van der Waals surface area contributed by atoms with E-state index in [-0.39, 0.29) is 6.54 Å². The summed E-state index contributed by atoms with van der Waals surface area (Å²) in [5, 5.41) is 16.3. The van der Waals surface area contributed by atoms with E-state index in [9.17, 15) is 14.7 Å². The molecular formula is C21H23N3O5. The summed E-state index contributed by atoms with van der Waals surface area (Å²) >= 11 is 0. The second-order valence-corrected chi connectivity index (χ2v) is 6.46. The normalized spacial score (nSPS) is 11.7. The summed E-state index contributed by atoms with van der Waals surface area (Å²) in [6.07, 6.45) is 0.865. The van der Waals surface area contributed by atoms with E-state index in [4.69, 9.17) is 9.47 Å². The molecule has 0 aliphatic heterocycles. The molecule has 3 aromatic rings. The van der Waals surface area contributed by atoms with Crippen LogP contribution in [0, 0.1) is 0 Å². The predicted molar refractivity (Wildman–Crippen MR) is 109 cm³/mol. The van der Waals surface area contributed by atoms with Gasteiger partial charge >= 0.3 is 11.8 Å². The fourth-order valence-corrected chi connectivity index (χ4v) is 3.12. The van der Waals surface area contributed by atoms with Gasteiger partial charge in [-0.25, -0.2) is 0 Å². The highest BCUT2D eigenvalue weighted by Gasteiger charge is 2.19. The minimum absolute atomic E-state index is 0.0911. The number of aryl methyl sites for hydroxylation is 1. The Kier molecular flexibility index (Phi) is 6.04. The molecule has 1 atom stereocenters. The zero-order valence-corrected chi connectivity index (χ0v) is 16.4. The molecule has 0 aliphatic rings. The van der Waals surface area contributed by atoms with E-state index in [1.165, 1.54) is 14.2 Å². The number of aliphatic hydroxyl groups excluding tert-OH is 1. The van der Waals surface area contributed by atoms with Gasteiger partial charge in [0, 0.05) is 48.0 Å². The van der Waals surface area contributed by atoms with Crippen molar-refractivity contribution in [1.82, 2.24) is 9.88 Å². The summed E-state index contributed by atoms with van der Waals surface area (Å²) in [6, 6.07) is 12.4. The van der Waals surface area contributed by atoms with Crippen molar-refractivity contribution in [1.29, 1.82) is 0 Å². The van der Waals surface area contributed by atoms with Crippen LogP contribution in [-0.4, -0.2) is 42.3 Å². The highest BCUT2D eigenvalue weighted by molar-refractivity contribution is 6.39. The number of fused-ring (bicyclic) bond motifs is 1. The first-order chi connectivity index (χ1) is 13.9. The number of ether oxygens (including phenoxy) is 2. The van der Waals surface area contributed by atoms with E-state index in [0.29, 0.717) is 22.7 Å². The summed E-state index contributed by atoms with van der Waals surface area (Å²) in [5.41, 5.74) is 2.04. The quantitative estimate of drug-likeness (QED) is 0.552. The standard InChI is InChI=1S/C21H23N3O5/c1-24-12-15(14-6-4-5-7-16(14)24)17(25)11-22-20(26)21(27)23-13-8-9-18(28-2)19(10-13)29-3/h4-10,12,17,25H,11H2,1-3H3,(H,22,26)(H,23,27). The molecule has 0 radical (unpaired) electrons. The van der Waals surface area contributed by atoms with Gasteiger partial charge in [0.2, 0.25) is 0 Å². The summed E-state index contributed by atoms with van der Waals surface area (Å²) in [4.78, 5) is 24.3. The number of para-hydroxylation sites is 1. The molecule has 3 rings (SSSR count). The number of aliphatic hydroxyl groups is 1. The van der Waals surface area contributed by atoms with Crippen LogP contribution in [0.15, 0.2) is 48.7 Å². The first kappa shape index (κ1) is 20.2. The van der Waals surface area contributed by atoms with E-state index in [1.54, 1.807) is 18.2 Å². The molecule has 0 spiro atoms. The number of rotatable bonds is 6. The zero-order chi connectivity index (χ0) is 21.0. The van der Waals surface area contributed by atoms with Gasteiger partial charge in [0.1, 0.15) is 0 Å². The molecule has 1 aromatic heterocycles. The van der Waals surface area contributed by atoms with Crippen LogP contribution in [0.5, 0.6) is 11.5 Å². The van der Waals surface area contributed by atoms with Crippen LogP contribution in [0.4, 0.5) is 5.69 Å². The van der Waals surface area contributed by atoms with E-state index < -0.39 is 17.9 Å². The molecule has 3 N–H and O–H groups in total. The molecule has 0 saturated heterocycles. The average Bonchev–Trinajstić information content (AvgIpc) is 3.08. The molecule has 8 nitrogen and oxygen atoms in total. The van der Waals surface area contributed by atoms with Gasteiger partial charge in [-0.2, -0.15) is 0 Å². The maximum Gasteiger partial charge on any atom is 0.313 e.